The molecule has 0 saturated carbocycles. The van der Waals surface area contributed by atoms with Crippen molar-refractivity contribution in [1.82, 2.24) is 19.6 Å². The molecule has 4 rings (SSSR count). The Balaban J connectivity index is 1.51. The van der Waals surface area contributed by atoms with Gasteiger partial charge in [0.1, 0.15) is 17.7 Å². The van der Waals surface area contributed by atoms with E-state index in [0.717, 1.165) is 31.6 Å². The Morgan fingerprint density at radius 2 is 2.00 bits per heavy atom. The number of hydrogen-bond donors (Lipinski definition) is 1. The molecule has 1 aromatic carbocycles. The minimum absolute atomic E-state index is 0.0975. The Hall–Kier alpha value is -3.09. The molecule has 30 heavy (non-hydrogen) atoms. The lowest BCUT2D eigenvalue weighted by molar-refractivity contribution is -0.0399. The van der Waals surface area contributed by atoms with E-state index in [9.17, 15) is 4.79 Å². The van der Waals surface area contributed by atoms with Gasteiger partial charge in [0.05, 0.1) is 17.8 Å². The van der Waals surface area contributed by atoms with Gasteiger partial charge in [-0.3, -0.25) is 4.90 Å². The molecular weight excluding hydrogens is 386 g/mol. The van der Waals surface area contributed by atoms with Crippen LogP contribution in [0.1, 0.15) is 36.7 Å². The third kappa shape index (κ3) is 4.72. The Kier molecular flexibility index (Phi) is 6.16. The zero-order chi connectivity index (χ0) is 20.9. The van der Waals surface area contributed by atoms with Crippen molar-refractivity contribution in [1.29, 1.82) is 5.26 Å². The molecule has 1 amide bonds. The molecule has 2 fully saturated rings. The van der Waals surface area contributed by atoms with Crippen LogP contribution in [0.3, 0.4) is 0 Å². The van der Waals surface area contributed by atoms with Crippen molar-refractivity contribution in [2.75, 3.05) is 32.8 Å². The highest BCUT2D eigenvalue weighted by Gasteiger charge is 2.25. The second kappa shape index (κ2) is 9.15. The van der Waals surface area contributed by atoms with Gasteiger partial charge in [-0.15, -0.1) is 0 Å². The topological polar surface area (TPSA) is 104 Å². The molecule has 0 aliphatic carbocycles. The van der Waals surface area contributed by atoms with Gasteiger partial charge < -0.3 is 19.5 Å². The number of benzene rings is 1. The minimum atomic E-state index is -0.877. The Morgan fingerprint density at radius 1 is 1.23 bits per heavy atom. The van der Waals surface area contributed by atoms with Gasteiger partial charge in [0.25, 0.3) is 0 Å². The molecule has 2 aliphatic heterocycles. The number of piperazine rings is 1. The van der Waals surface area contributed by atoms with Crippen molar-refractivity contribution in [3.05, 3.63) is 41.7 Å². The fourth-order valence-corrected chi connectivity index (χ4v) is 3.72. The number of nitriles is 1. The van der Waals surface area contributed by atoms with Crippen LogP contribution in [0.5, 0.6) is 11.5 Å². The van der Waals surface area contributed by atoms with Crippen LogP contribution in [0.25, 0.3) is 0 Å². The molecule has 1 unspecified atom stereocenters. The SMILES string of the molecule is N#Cc1ccc(Oc2cn(C3CCCCO3)nc2CN2CCN(C(=O)O)CC2)cc1. The molecular formula is C21H25N5O4. The van der Waals surface area contributed by atoms with Crippen molar-refractivity contribution in [3.8, 4) is 17.6 Å². The van der Waals surface area contributed by atoms with Gasteiger partial charge in [-0.1, -0.05) is 0 Å². The summed E-state index contributed by atoms with van der Waals surface area (Å²) in [5.41, 5.74) is 1.36. The first-order chi connectivity index (χ1) is 14.6. The van der Waals surface area contributed by atoms with Crippen molar-refractivity contribution in [2.24, 2.45) is 0 Å². The van der Waals surface area contributed by atoms with Gasteiger partial charge in [0, 0.05) is 39.3 Å². The monoisotopic (exact) mass is 411 g/mol. The molecule has 2 aromatic rings. The summed E-state index contributed by atoms with van der Waals surface area (Å²) in [5, 5.41) is 22.9. The molecule has 158 valence electrons. The van der Waals surface area contributed by atoms with Crippen LogP contribution < -0.4 is 4.74 Å². The fraction of sp³-hybridized carbons (Fsp3) is 0.476. The number of carboxylic acid groups (broad SMARTS) is 1. The molecule has 0 radical (unpaired) electrons. The van der Waals surface area contributed by atoms with Gasteiger partial charge in [-0.05, 0) is 43.5 Å². The summed E-state index contributed by atoms with van der Waals surface area (Å²) in [6.07, 6.45) is 3.97. The summed E-state index contributed by atoms with van der Waals surface area (Å²) in [5.74, 6) is 1.28. The van der Waals surface area contributed by atoms with E-state index in [0.29, 0.717) is 49.8 Å². The van der Waals surface area contributed by atoms with E-state index in [4.69, 9.17) is 24.9 Å². The van der Waals surface area contributed by atoms with E-state index in [1.807, 2.05) is 10.9 Å². The molecule has 1 N–H and O–H groups in total. The van der Waals surface area contributed by atoms with E-state index in [2.05, 4.69) is 11.0 Å². The number of ether oxygens (including phenoxy) is 2. The maximum absolute atomic E-state index is 11.1. The molecule has 2 aliphatic rings. The molecule has 1 atom stereocenters. The molecule has 0 spiro atoms. The zero-order valence-electron chi connectivity index (χ0n) is 16.7. The van der Waals surface area contributed by atoms with Crippen molar-refractivity contribution in [3.63, 3.8) is 0 Å². The van der Waals surface area contributed by atoms with E-state index in [1.54, 1.807) is 24.3 Å². The first-order valence-electron chi connectivity index (χ1n) is 10.2. The van der Waals surface area contributed by atoms with Crippen LogP contribution in [-0.2, 0) is 11.3 Å². The van der Waals surface area contributed by atoms with Gasteiger partial charge >= 0.3 is 6.09 Å². The predicted molar refractivity (Wildman–Crippen MR) is 107 cm³/mol. The lowest BCUT2D eigenvalue weighted by Gasteiger charge is -2.32. The van der Waals surface area contributed by atoms with Gasteiger partial charge in [0.2, 0.25) is 0 Å². The summed E-state index contributed by atoms with van der Waals surface area (Å²) >= 11 is 0. The Bertz CT molecular complexity index is 906. The minimum Gasteiger partial charge on any atom is -0.465 e. The normalized spacial score (nSPS) is 20.0. The lowest BCUT2D eigenvalue weighted by atomic mass is 10.2. The molecule has 2 saturated heterocycles. The maximum atomic E-state index is 11.1. The van der Waals surface area contributed by atoms with Crippen LogP contribution >= 0.6 is 0 Å². The fourth-order valence-electron chi connectivity index (χ4n) is 3.72. The third-order valence-corrected chi connectivity index (χ3v) is 5.45. The van der Waals surface area contributed by atoms with Crippen molar-refractivity contribution in [2.45, 2.75) is 32.0 Å². The first-order valence-corrected chi connectivity index (χ1v) is 10.2. The average Bonchev–Trinajstić information content (AvgIpc) is 3.17. The van der Waals surface area contributed by atoms with E-state index in [1.165, 1.54) is 4.90 Å². The number of nitrogens with zero attached hydrogens (tertiary/aromatic N) is 5. The molecule has 1 aromatic heterocycles. The smallest absolute Gasteiger partial charge is 0.407 e. The van der Waals surface area contributed by atoms with Crippen LogP contribution in [0.15, 0.2) is 30.5 Å². The van der Waals surface area contributed by atoms with Crippen LogP contribution in [-0.4, -0.2) is 63.6 Å². The summed E-state index contributed by atoms with van der Waals surface area (Å²) in [4.78, 5) is 14.7. The van der Waals surface area contributed by atoms with Gasteiger partial charge in [-0.25, -0.2) is 9.48 Å². The van der Waals surface area contributed by atoms with Crippen molar-refractivity contribution >= 4 is 6.09 Å². The number of hydrogen-bond acceptors (Lipinski definition) is 6. The molecule has 9 nitrogen and oxygen atoms in total. The summed E-state index contributed by atoms with van der Waals surface area (Å²) in [7, 11) is 0. The lowest BCUT2D eigenvalue weighted by Crippen LogP contribution is -2.47. The van der Waals surface area contributed by atoms with E-state index < -0.39 is 6.09 Å². The summed E-state index contributed by atoms with van der Waals surface area (Å²) < 4.78 is 13.8. The van der Waals surface area contributed by atoms with Crippen LogP contribution in [0.2, 0.25) is 0 Å². The Morgan fingerprint density at radius 3 is 2.63 bits per heavy atom. The number of amides is 1. The molecule has 3 heterocycles. The average molecular weight is 411 g/mol. The highest BCUT2D eigenvalue weighted by Crippen LogP contribution is 2.30. The van der Waals surface area contributed by atoms with Crippen molar-refractivity contribution < 1.29 is 19.4 Å². The second-order valence-corrected chi connectivity index (χ2v) is 7.53. The van der Waals surface area contributed by atoms with E-state index in [-0.39, 0.29) is 6.23 Å². The Labute approximate surface area is 175 Å². The second-order valence-electron chi connectivity index (χ2n) is 7.53. The quantitative estimate of drug-likeness (QED) is 0.806. The maximum Gasteiger partial charge on any atom is 0.407 e. The molecule has 0 bridgehead atoms. The number of aromatic nitrogens is 2. The highest BCUT2D eigenvalue weighted by atomic mass is 16.5. The number of rotatable bonds is 5. The van der Waals surface area contributed by atoms with E-state index >= 15 is 0 Å². The summed E-state index contributed by atoms with van der Waals surface area (Å²) in [6.45, 7) is 3.55. The predicted octanol–water partition coefficient (Wildman–Crippen LogP) is 3.04. The zero-order valence-corrected chi connectivity index (χ0v) is 16.7. The standard InChI is InChI=1S/C21H25N5O4/c22-13-16-4-6-17(7-5-16)30-19-15-26(20-3-1-2-12-29-20)23-18(19)14-24-8-10-25(11-9-24)21(27)28/h4-7,15,20H,1-3,8-12,14H2,(H,27,28). The highest BCUT2D eigenvalue weighted by molar-refractivity contribution is 5.65. The largest absolute Gasteiger partial charge is 0.465 e. The third-order valence-electron chi connectivity index (χ3n) is 5.45. The van der Waals surface area contributed by atoms with Crippen LogP contribution in [0.4, 0.5) is 4.79 Å². The van der Waals surface area contributed by atoms with Gasteiger partial charge in [0.15, 0.2) is 5.75 Å². The first kappa shape index (κ1) is 20.2. The van der Waals surface area contributed by atoms with Gasteiger partial charge in [-0.2, -0.15) is 10.4 Å². The molecule has 9 heteroatoms. The summed E-state index contributed by atoms with van der Waals surface area (Å²) in [6, 6.07) is 9.07. The van der Waals surface area contributed by atoms with Crippen LogP contribution in [0, 0.1) is 11.3 Å². The number of carbonyl (C=O) groups is 1.